The van der Waals surface area contributed by atoms with Gasteiger partial charge in [0.05, 0.1) is 6.54 Å². The van der Waals surface area contributed by atoms with Crippen LogP contribution < -0.4 is 5.32 Å². The average molecular weight is 320 g/mol. The lowest BCUT2D eigenvalue weighted by Gasteiger charge is -2.43. The molecule has 0 aliphatic heterocycles. The van der Waals surface area contributed by atoms with Gasteiger partial charge in [0.15, 0.2) is 0 Å². The molecule has 0 aromatic heterocycles. The number of carboxylic acids is 1. The number of aryl methyl sites for hydroxylation is 1. The molecule has 0 saturated heterocycles. The standard InChI is InChI=1S/C18H28N2O3/c1-3-20(12-18(22)23)16-10-15(11-16)19-13(2)4-5-14-6-8-17(21)9-7-14/h6-9,13,15-16,19,21H,3-5,10-12H2,1-2H3,(H,22,23). The second-order valence-corrected chi connectivity index (χ2v) is 6.55. The molecule has 1 aromatic rings. The maximum atomic E-state index is 10.8. The third kappa shape index (κ3) is 5.52. The zero-order valence-corrected chi connectivity index (χ0v) is 14.0. The van der Waals surface area contributed by atoms with Gasteiger partial charge in [-0.05, 0) is 56.8 Å². The first-order valence-corrected chi connectivity index (χ1v) is 8.47. The maximum absolute atomic E-state index is 10.8. The highest BCUT2D eigenvalue weighted by Gasteiger charge is 2.34. The number of aromatic hydroxyl groups is 1. The smallest absolute Gasteiger partial charge is 0.317 e. The van der Waals surface area contributed by atoms with Crippen molar-refractivity contribution in [3.8, 4) is 5.75 Å². The minimum Gasteiger partial charge on any atom is -0.508 e. The summed E-state index contributed by atoms with van der Waals surface area (Å²) in [5.74, 6) is -0.437. The number of likely N-dealkylation sites (N-methyl/N-ethyl adjacent to an activating group) is 1. The highest BCUT2D eigenvalue weighted by atomic mass is 16.4. The Kier molecular flexibility index (Phi) is 6.42. The molecule has 1 aliphatic rings. The molecule has 5 heteroatoms. The quantitative estimate of drug-likeness (QED) is 0.651. The molecule has 0 spiro atoms. The van der Waals surface area contributed by atoms with E-state index in [1.165, 1.54) is 5.56 Å². The van der Waals surface area contributed by atoms with Crippen LogP contribution in [0.5, 0.6) is 5.75 Å². The molecule has 23 heavy (non-hydrogen) atoms. The molecular formula is C18H28N2O3. The van der Waals surface area contributed by atoms with Crippen molar-refractivity contribution in [2.75, 3.05) is 13.1 Å². The number of phenolic OH excluding ortho intramolecular Hbond substituents is 1. The van der Waals surface area contributed by atoms with Gasteiger partial charge in [0.2, 0.25) is 0 Å². The third-order valence-electron chi connectivity index (χ3n) is 4.70. The first-order valence-electron chi connectivity index (χ1n) is 8.47. The maximum Gasteiger partial charge on any atom is 0.317 e. The molecule has 1 saturated carbocycles. The summed E-state index contributed by atoms with van der Waals surface area (Å²) in [5, 5.41) is 21.8. The molecule has 0 heterocycles. The van der Waals surface area contributed by atoms with Gasteiger partial charge in [-0.15, -0.1) is 0 Å². The van der Waals surface area contributed by atoms with Crippen LogP contribution >= 0.6 is 0 Å². The summed E-state index contributed by atoms with van der Waals surface area (Å²) in [6.45, 7) is 5.15. The lowest BCUT2D eigenvalue weighted by molar-refractivity contribution is -0.139. The van der Waals surface area contributed by atoms with Crippen molar-refractivity contribution in [3.63, 3.8) is 0 Å². The number of nitrogens with zero attached hydrogens (tertiary/aromatic N) is 1. The van der Waals surface area contributed by atoms with Gasteiger partial charge in [-0.2, -0.15) is 0 Å². The molecule has 1 fully saturated rings. The van der Waals surface area contributed by atoms with E-state index in [2.05, 4.69) is 12.2 Å². The molecule has 1 unspecified atom stereocenters. The topological polar surface area (TPSA) is 72.8 Å². The number of carboxylic acid groups (broad SMARTS) is 1. The van der Waals surface area contributed by atoms with Crippen molar-refractivity contribution in [1.82, 2.24) is 10.2 Å². The molecule has 5 nitrogen and oxygen atoms in total. The van der Waals surface area contributed by atoms with E-state index in [0.29, 0.717) is 23.9 Å². The van der Waals surface area contributed by atoms with Crippen LogP contribution in [0.3, 0.4) is 0 Å². The number of aliphatic carboxylic acids is 1. The summed E-state index contributed by atoms with van der Waals surface area (Å²) < 4.78 is 0. The molecule has 0 bridgehead atoms. The Morgan fingerprint density at radius 3 is 2.57 bits per heavy atom. The number of nitrogens with one attached hydrogen (secondary N) is 1. The fourth-order valence-electron chi connectivity index (χ4n) is 3.23. The van der Waals surface area contributed by atoms with Gasteiger partial charge >= 0.3 is 5.97 Å². The predicted molar refractivity (Wildman–Crippen MR) is 90.7 cm³/mol. The summed E-state index contributed by atoms with van der Waals surface area (Å²) in [5.41, 5.74) is 1.24. The average Bonchev–Trinajstić information content (AvgIpc) is 2.47. The molecule has 1 aliphatic carbocycles. The predicted octanol–water partition coefficient (Wildman–Crippen LogP) is 2.24. The van der Waals surface area contributed by atoms with Gasteiger partial charge in [0, 0.05) is 18.1 Å². The number of benzene rings is 1. The van der Waals surface area contributed by atoms with Crippen LogP contribution in [-0.4, -0.2) is 52.3 Å². The first-order chi connectivity index (χ1) is 11.0. The largest absolute Gasteiger partial charge is 0.508 e. The molecule has 0 radical (unpaired) electrons. The van der Waals surface area contributed by atoms with Crippen molar-refractivity contribution in [2.45, 2.75) is 57.7 Å². The van der Waals surface area contributed by atoms with Crippen LogP contribution in [-0.2, 0) is 11.2 Å². The molecule has 0 amide bonds. The van der Waals surface area contributed by atoms with Gasteiger partial charge in [-0.3, -0.25) is 9.69 Å². The fraction of sp³-hybridized carbons (Fsp3) is 0.611. The molecule has 1 aromatic carbocycles. The van der Waals surface area contributed by atoms with E-state index in [4.69, 9.17) is 5.11 Å². The second-order valence-electron chi connectivity index (χ2n) is 6.55. The van der Waals surface area contributed by atoms with Gasteiger partial charge in [-0.25, -0.2) is 0 Å². The molecule has 128 valence electrons. The number of rotatable bonds is 9. The van der Waals surface area contributed by atoms with Crippen LogP contribution in [0.4, 0.5) is 0 Å². The molecule has 2 rings (SSSR count). The van der Waals surface area contributed by atoms with E-state index in [0.717, 1.165) is 32.2 Å². The summed E-state index contributed by atoms with van der Waals surface area (Å²) in [6, 6.07) is 8.72. The van der Waals surface area contributed by atoms with Crippen LogP contribution in [0.25, 0.3) is 0 Å². The zero-order chi connectivity index (χ0) is 16.8. The number of phenols is 1. The van der Waals surface area contributed by atoms with E-state index in [9.17, 15) is 9.90 Å². The van der Waals surface area contributed by atoms with Crippen LogP contribution in [0, 0.1) is 0 Å². The Labute approximate surface area is 138 Å². The highest BCUT2D eigenvalue weighted by molar-refractivity contribution is 5.69. The number of carbonyl (C=O) groups is 1. The Hall–Kier alpha value is -1.59. The summed E-state index contributed by atoms with van der Waals surface area (Å²) in [7, 11) is 0. The SMILES string of the molecule is CCN(CC(=O)O)C1CC(NC(C)CCc2ccc(O)cc2)C1. The third-order valence-corrected chi connectivity index (χ3v) is 4.70. The van der Waals surface area contributed by atoms with Gasteiger partial charge in [0.1, 0.15) is 5.75 Å². The van der Waals surface area contributed by atoms with Crippen molar-refractivity contribution >= 4 is 5.97 Å². The van der Waals surface area contributed by atoms with Gasteiger partial charge < -0.3 is 15.5 Å². The minimum atomic E-state index is -0.745. The Bertz CT molecular complexity index is 497. The van der Waals surface area contributed by atoms with Crippen molar-refractivity contribution in [3.05, 3.63) is 29.8 Å². The summed E-state index contributed by atoms with van der Waals surface area (Å²) >= 11 is 0. The first kappa shape index (κ1) is 17.8. The summed E-state index contributed by atoms with van der Waals surface area (Å²) in [6.07, 6.45) is 4.11. The monoisotopic (exact) mass is 320 g/mol. The Morgan fingerprint density at radius 1 is 1.35 bits per heavy atom. The number of hydrogen-bond donors (Lipinski definition) is 3. The van der Waals surface area contributed by atoms with E-state index >= 15 is 0 Å². The Morgan fingerprint density at radius 2 is 2.00 bits per heavy atom. The van der Waals surface area contributed by atoms with Crippen molar-refractivity contribution < 1.29 is 15.0 Å². The lowest BCUT2D eigenvalue weighted by Crippen LogP contribution is -2.55. The molecular weight excluding hydrogens is 292 g/mol. The van der Waals surface area contributed by atoms with E-state index < -0.39 is 5.97 Å². The van der Waals surface area contributed by atoms with Crippen LogP contribution in [0.1, 0.15) is 38.7 Å². The van der Waals surface area contributed by atoms with E-state index in [1.54, 1.807) is 12.1 Å². The summed E-state index contributed by atoms with van der Waals surface area (Å²) in [4.78, 5) is 12.9. The highest BCUT2D eigenvalue weighted by Crippen LogP contribution is 2.26. The van der Waals surface area contributed by atoms with E-state index in [1.807, 2.05) is 24.0 Å². The fourth-order valence-corrected chi connectivity index (χ4v) is 3.23. The zero-order valence-electron chi connectivity index (χ0n) is 14.0. The van der Waals surface area contributed by atoms with E-state index in [-0.39, 0.29) is 6.54 Å². The number of hydrogen-bond acceptors (Lipinski definition) is 4. The van der Waals surface area contributed by atoms with Crippen molar-refractivity contribution in [1.29, 1.82) is 0 Å². The molecule has 1 atom stereocenters. The van der Waals surface area contributed by atoms with Crippen LogP contribution in [0.15, 0.2) is 24.3 Å². The van der Waals surface area contributed by atoms with Crippen LogP contribution in [0.2, 0.25) is 0 Å². The lowest BCUT2D eigenvalue weighted by atomic mass is 9.84. The minimum absolute atomic E-state index is 0.143. The second kappa shape index (κ2) is 8.31. The van der Waals surface area contributed by atoms with Crippen molar-refractivity contribution in [2.24, 2.45) is 0 Å². The molecule has 3 N–H and O–H groups in total. The normalized spacial score (nSPS) is 21.9. The van der Waals surface area contributed by atoms with Gasteiger partial charge in [0.25, 0.3) is 0 Å². The van der Waals surface area contributed by atoms with Gasteiger partial charge in [-0.1, -0.05) is 19.1 Å². The Balaban J connectivity index is 1.66.